The first-order chi connectivity index (χ1) is 23.3. The van der Waals surface area contributed by atoms with Crippen molar-refractivity contribution in [1.82, 2.24) is 19.1 Å². The van der Waals surface area contributed by atoms with Crippen LogP contribution in [0.1, 0.15) is 5.56 Å². The molecule has 0 aliphatic heterocycles. The van der Waals surface area contributed by atoms with E-state index in [9.17, 15) is 5.26 Å². The highest BCUT2D eigenvalue weighted by molar-refractivity contribution is 7.26. The minimum Gasteiger partial charge on any atom is -0.309 e. The highest BCUT2D eigenvalue weighted by atomic mass is 32.1. The molecule has 10 aromatic rings. The average Bonchev–Trinajstić information content (AvgIpc) is 3.79. The number of hydrogen-bond donors (Lipinski definition) is 0. The fraction of sp³-hybridized carbons (Fsp3) is 0. The average molecular weight is 618 g/mol. The standard InChI is InChI=1S/C41H23N5S/c42-24-25-20-21-36-32(22-25)30-14-3-7-18-35(30)46(36)41-43-38(40-39(44-41)31-15-4-8-19-37(31)47-40)26-10-9-11-27(23-26)45-33-16-5-1-12-28(33)29-13-2-6-17-34(29)45/h1-23H. The van der Waals surface area contributed by atoms with Crippen molar-refractivity contribution in [2.75, 3.05) is 0 Å². The zero-order valence-corrected chi connectivity index (χ0v) is 25.7. The highest BCUT2D eigenvalue weighted by Crippen LogP contribution is 2.41. The molecular formula is C41H23N5S. The van der Waals surface area contributed by atoms with E-state index in [0.717, 1.165) is 54.4 Å². The Morgan fingerprint density at radius 3 is 1.87 bits per heavy atom. The van der Waals surface area contributed by atoms with Crippen LogP contribution < -0.4 is 0 Å². The Morgan fingerprint density at radius 2 is 1.15 bits per heavy atom. The molecule has 0 atom stereocenters. The zero-order chi connectivity index (χ0) is 31.1. The van der Waals surface area contributed by atoms with Crippen LogP contribution in [0, 0.1) is 11.3 Å². The molecule has 0 radical (unpaired) electrons. The number of benzene rings is 6. The molecule has 0 N–H and O–H groups in total. The van der Waals surface area contributed by atoms with Gasteiger partial charge in [-0.3, -0.25) is 4.57 Å². The molecule has 0 aliphatic carbocycles. The minimum absolute atomic E-state index is 0.606. The van der Waals surface area contributed by atoms with Crippen molar-refractivity contribution in [3.05, 3.63) is 145 Å². The maximum absolute atomic E-state index is 9.68. The molecule has 0 spiro atoms. The Hall–Kier alpha value is -6.29. The van der Waals surface area contributed by atoms with Gasteiger partial charge in [-0.05, 0) is 54.6 Å². The maximum atomic E-state index is 9.68. The van der Waals surface area contributed by atoms with Gasteiger partial charge in [0.2, 0.25) is 5.95 Å². The van der Waals surface area contributed by atoms with Gasteiger partial charge in [-0.1, -0.05) is 84.9 Å². The van der Waals surface area contributed by atoms with Crippen molar-refractivity contribution < 1.29 is 0 Å². The molecule has 4 heterocycles. The van der Waals surface area contributed by atoms with Crippen LogP contribution in [-0.2, 0) is 0 Å². The van der Waals surface area contributed by atoms with Gasteiger partial charge in [-0.25, -0.2) is 9.97 Å². The van der Waals surface area contributed by atoms with E-state index in [0.29, 0.717) is 11.5 Å². The van der Waals surface area contributed by atoms with Crippen molar-refractivity contribution in [1.29, 1.82) is 5.26 Å². The topological polar surface area (TPSA) is 59.4 Å². The molecule has 4 aromatic heterocycles. The molecular weight excluding hydrogens is 595 g/mol. The van der Waals surface area contributed by atoms with Crippen LogP contribution in [0.3, 0.4) is 0 Å². The van der Waals surface area contributed by atoms with E-state index in [1.165, 1.54) is 26.5 Å². The number of nitriles is 1. The summed E-state index contributed by atoms with van der Waals surface area (Å²) in [5.74, 6) is 0.606. The lowest BCUT2D eigenvalue weighted by Gasteiger charge is -2.12. The molecule has 0 saturated carbocycles. The number of aromatic nitrogens is 4. The monoisotopic (exact) mass is 617 g/mol. The summed E-state index contributed by atoms with van der Waals surface area (Å²) in [5.41, 5.74) is 8.87. The Kier molecular flexibility index (Phi) is 5.45. The van der Waals surface area contributed by atoms with E-state index in [1.54, 1.807) is 11.3 Å². The zero-order valence-electron chi connectivity index (χ0n) is 24.9. The van der Waals surface area contributed by atoms with Crippen molar-refractivity contribution in [3.63, 3.8) is 0 Å². The van der Waals surface area contributed by atoms with Crippen LogP contribution in [0.5, 0.6) is 0 Å². The van der Waals surface area contributed by atoms with E-state index in [2.05, 4.69) is 124 Å². The summed E-state index contributed by atoms with van der Waals surface area (Å²) in [4.78, 5) is 10.7. The normalized spacial score (nSPS) is 11.8. The molecule has 0 saturated heterocycles. The summed E-state index contributed by atoms with van der Waals surface area (Å²) in [5, 5.41) is 15.3. The van der Waals surface area contributed by atoms with Crippen LogP contribution in [0.4, 0.5) is 0 Å². The van der Waals surface area contributed by atoms with Gasteiger partial charge >= 0.3 is 0 Å². The predicted octanol–water partition coefficient (Wildman–Crippen LogP) is 10.6. The second-order valence-electron chi connectivity index (χ2n) is 11.8. The summed E-state index contributed by atoms with van der Waals surface area (Å²) in [6.45, 7) is 0. The Labute approximate surface area is 272 Å². The number of hydrogen-bond acceptors (Lipinski definition) is 4. The molecule has 6 aromatic carbocycles. The SMILES string of the molecule is N#Cc1ccc2c(c1)c1ccccc1n2-c1nc(-c2cccc(-n3c4ccccc4c4ccccc43)c2)c2sc3ccccc3c2n1. The van der Waals surface area contributed by atoms with Crippen molar-refractivity contribution in [3.8, 4) is 29.0 Å². The second kappa shape index (κ2) is 9.85. The molecule has 0 fully saturated rings. The van der Waals surface area contributed by atoms with Gasteiger partial charge in [-0.2, -0.15) is 5.26 Å². The second-order valence-corrected chi connectivity index (χ2v) is 12.8. The number of nitrogens with zero attached hydrogens (tertiary/aromatic N) is 5. The predicted molar refractivity (Wildman–Crippen MR) is 194 cm³/mol. The molecule has 218 valence electrons. The van der Waals surface area contributed by atoms with Gasteiger partial charge < -0.3 is 4.57 Å². The van der Waals surface area contributed by atoms with Crippen LogP contribution >= 0.6 is 11.3 Å². The smallest absolute Gasteiger partial charge is 0.235 e. The summed E-state index contributed by atoms with van der Waals surface area (Å²) < 4.78 is 6.72. The first-order valence-corrected chi connectivity index (χ1v) is 16.3. The van der Waals surface area contributed by atoms with E-state index in [-0.39, 0.29) is 0 Å². The van der Waals surface area contributed by atoms with Crippen molar-refractivity contribution >= 4 is 75.3 Å². The van der Waals surface area contributed by atoms with Crippen LogP contribution in [0.25, 0.3) is 86.8 Å². The van der Waals surface area contributed by atoms with E-state index >= 15 is 0 Å². The fourth-order valence-corrected chi connectivity index (χ4v) is 8.28. The number of fused-ring (bicyclic) bond motifs is 9. The first-order valence-electron chi connectivity index (χ1n) is 15.5. The van der Waals surface area contributed by atoms with Gasteiger partial charge in [0.15, 0.2) is 0 Å². The molecule has 6 heteroatoms. The largest absolute Gasteiger partial charge is 0.309 e. The Balaban J connectivity index is 1.28. The lowest BCUT2D eigenvalue weighted by Crippen LogP contribution is -2.03. The maximum Gasteiger partial charge on any atom is 0.235 e. The third kappa shape index (κ3) is 3.75. The van der Waals surface area contributed by atoms with Crippen LogP contribution in [-0.4, -0.2) is 19.1 Å². The third-order valence-corrected chi connectivity index (χ3v) is 10.3. The van der Waals surface area contributed by atoms with Gasteiger partial charge in [0, 0.05) is 42.9 Å². The third-order valence-electron chi connectivity index (χ3n) is 9.17. The lowest BCUT2D eigenvalue weighted by molar-refractivity contribution is 1.02. The first kappa shape index (κ1) is 26.0. The highest BCUT2D eigenvalue weighted by Gasteiger charge is 2.21. The van der Waals surface area contributed by atoms with Gasteiger partial charge in [0.05, 0.1) is 49.6 Å². The molecule has 47 heavy (non-hydrogen) atoms. The molecule has 5 nitrogen and oxygen atoms in total. The fourth-order valence-electron chi connectivity index (χ4n) is 7.13. The molecule has 10 rings (SSSR count). The quantitative estimate of drug-likeness (QED) is 0.198. The van der Waals surface area contributed by atoms with Crippen LogP contribution in [0.15, 0.2) is 140 Å². The van der Waals surface area contributed by atoms with Crippen LogP contribution in [0.2, 0.25) is 0 Å². The summed E-state index contributed by atoms with van der Waals surface area (Å²) in [7, 11) is 0. The van der Waals surface area contributed by atoms with Crippen molar-refractivity contribution in [2.24, 2.45) is 0 Å². The van der Waals surface area contributed by atoms with Gasteiger partial charge in [0.1, 0.15) is 0 Å². The Bertz CT molecular complexity index is 2880. The number of rotatable bonds is 3. The summed E-state index contributed by atoms with van der Waals surface area (Å²) in [6.07, 6.45) is 0. The van der Waals surface area contributed by atoms with Crippen molar-refractivity contribution in [2.45, 2.75) is 0 Å². The van der Waals surface area contributed by atoms with Gasteiger partial charge in [0.25, 0.3) is 0 Å². The summed E-state index contributed by atoms with van der Waals surface area (Å²) in [6, 6.07) is 50.7. The Morgan fingerprint density at radius 1 is 0.532 bits per heavy atom. The lowest BCUT2D eigenvalue weighted by atomic mass is 10.1. The number of para-hydroxylation sites is 3. The summed E-state index contributed by atoms with van der Waals surface area (Å²) >= 11 is 1.73. The van der Waals surface area contributed by atoms with E-state index < -0.39 is 0 Å². The molecule has 0 aliphatic rings. The minimum atomic E-state index is 0.606. The van der Waals surface area contributed by atoms with E-state index in [4.69, 9.17) is 9.97 Å². The number of thiophene rings is 1. The molecule has 0 amide bonds. The van der Waals surface area contributed by atoms with Gasteiger partial charge in [-0.15, -0.1) is 11.3 Å². The van der Waals surface area contributed by atoms with E-state index in [1.807, 2.05) is 30.3 Å². The molecule has 0 unspecified atom stereocenters. The molecule has 0 bridgehead atoms.